The van der Waals surface area contributed by atoms with Gasteiger partial charge in [0.25, 0.3) is 5.91 Å². The number of anilines is 2. The molecule has 0 bridgehead atoms. The first-order chi connectivity index (χ1) is 8.86. The van der Waals surface area contributed by atoms with Crippen molar-refractivity contribution in [2.24, 2.45) is 0 Å². The summed E-state index contributed by atoms with van der Waals surface area (Å²) in [7, 11) is 5.10. The van der Waals surface area contributed by atoms with E-state index < -0.39 is 12.1 Å². The van der Waals surface area contributed by atoms with Crippen LogP contribution in [0.1, 0.15) is 17.3 Å². The van der Waals surface area contributed by atoms with E-state index in [1.54, 1.807) is 17.0 Å². The van der Waals surface area contributed by atoms with Crippen LogP contribution in [-0.2, 0) is 9.53 Å². The summed E-state index contributed by atoms with van der Waals surface area (Å²) in [5, 5.41) is 2.42. The minimum Gasteiger partial charge on any atom is -0.449 e. The second-order valence-electron chi connectivity index (χ2n) is 4.33. The zero-order valence-corrected chi connectivity index (χ0v) is 11.6. The fraction of sp³-hybridized carbons (Fsp3) is 0.385. The summed E-state index contributed by atoms with van der Waals surface area (Å²) in [5.74, 6) is -0.934. The van der Waals surface area contributed by atoms with Crippen molar-refractivity contribution in [1.29, 1.82) is 0 Å². The topological polar surface area (TPSA) is 84.7 Å². The number of carbonyl (C=O) groups is 2. The number of nitrogen functional groups attached to an aromatic ring is 1. The molecule has 0 saturated heterocycles. The third-order valence-electron chi connectivity index (χ3n) is 2.62. The normalized spacial score (nSPS) is 11.6. The fourth-order valence-corrected chi connectivity index (χ4v) is 1.59. The van der Waals surface area contributed by atoms with E-state index >= 15 is 0 Å². The van der Waals surface area contributed by atoms with Crippen molar-refractivity contribution in [1.82, 2.24) is 5.32 Å². The molecular weight excluding hydrogens is 246 g/mol. The van der Waals surface area contributed by atoms with Gasteiger partial charge < -0.3 is 20.7 Å². The smallest absolute Gasteiger partial charge is 0.341 e. The van der Waals surface area contributed by atoms with Gasteiger partial charge in [-0.2, -0.15) is 0 Å². The van der Waals surface area contributed by atoms with Gasteiger partial charge in [-0.15, -0.1) is 0 Å². The predicted octanol–water partition coefficient (Wildman–Crippen LogP) is 0.626. The predicted molar refractivity (Wildman–Crippen MR) is 74.1 cm³/mol. The van der Waals surface area contributed by atoms with Gasteiger partial charge >= 0.3 is 5.97 Å². The molecule has 1 unspecified atom stereocenters. The molecule has 6 heteroatoms. The van der Waals surface area contributed by atoms with Crippen LogP contribution >= 0.6 is 0 Å². The number of benzene rings is 1. The van der Waals surface area contributed by atoms with Crippen molar-refractivity contribution < 1.29 is 14.3 Å². The molecule has 1 rings (SSSR count). The van der Waals surface area contributed by atoms with E-state index in [-0.39, 0.29) is 5.91 Å². The van der Waals surface area contributed by atoms with Gasteiger partial charge in [0.15, 0.2) is 6.10 Å². The van der Waals surface area contributed by atoms with Crippen molar-refractivity contribution in [2.75, 3.05) is 31.8 Å². The molecule has 0 heterocycles. The minimum absolute atomic E-state index is 0.334. The maximum absolute atomic E-state index is 12.1. The Bertz CT molecular complexity index is 486. The molecule has 3 N–H and O–H groups in total. The molecule has 6 nitrogen and oxygen atoms in total. The van der Waals surface area contributed by atoms with Crippen molar-refractivity contribution in [3.63, 3.8) is 0 Å². The van der Waals surface area contributed by atoms with E-state index in [4.69, 9.17) is 10.5 Å². The third-order valence-corrected chi connectivity index (χ3v) is 2.62. The molecule has 104 valence electrons. The van der Waals surface area contributed by atoms with Gasteiger partial charge in [-0.05, 0) is 25.1 Å². The number of hydrogen-bond acceptors (Lipinski definition) is 5. The lowest BCUT2D eigenvalue weighted by molar-refractivity contribution is -0.128. The molecule has 1 aromatic carbocycles. The molecule has 0 spiro atoms. The number of likely N-dealkylation sites (N-methyl/N-ethyl adjacent to an activating group) is 1. The summed E-state index contributed by atoms with van der Waals surface area (Å²) in [4.78, 5) is 25.2. The van der Waals surface area contributed by atoms with Crippen molar-refractivity contribution in [2.45, 2.75) is 13.0 Å². The van der Waals surface area contributed by atoms with Gasteiger partial charge in [-0.3, -0.25) is 4.79 Å². The highest BCUT2D eigenvalue weighted by atomic mass is 16.5. The Morgan fingerprint density at radius 3 is 2.53 bits per heavy atom. The van der Waals surface area contributed by atoms with Gasteiger partial charge in [-0.25, -0.2) is 4.79 Å². The van der Waals surface area contributed by atoms with Crippen LogP contribution in [0.15, 0.2) is 18.2 Å². The summed E-state index contributed by atoms with van der Waals surface area (Å²) in [6.45, 7) is 1.51. The SMILES string of the molecule is CNC(=O)C(C)OC(=O)c1cc(N)ccc1N(C)C. The number of rotatable bonds is 4. The van der Waals surface area contributed by atoms with Crippen LogP contribution in [0.2, 0.25) is 0 Å². The number of nitrogens with zero attached hydrogens (tertiary/aromatic N) is 1. The number of carbonyl (C=O) groups excluding carboxylic acids is 2. The first kappa shape index (κ1) is 14.8. The number of amides is 1. The van der Waals surface area contributed by atoms with Crippen LogP contribution in [0.25, 0.3) is 0 Å². The lowest BCUT2D eigenvalue weighted by Gasteiger charge is -2.18. The van der Waals surface area contributed by atoms with Crippen LogP contribution in [0.3, 0.4) is 0 Å². The van der Waals surface area contributed by atoms with Crippen LogP contribution in [0.5, 0.6) is 0 Å². The molecule has 0 aliphatic heterocycles. The molecule has 0 fully saturated rings. The monoisotopic (exact) mass is 265 g/mol. The molecule has 0 aliphatic rings. The first-order valence-corrected chi connectivity index (χ1v) is 5.86. The number of nitrogens with two attached hydrogens (primary N) is 1. The molecule has 1 amide bonds. The zero-order valence-electron chi connectivity index (χ0n) is 11.6. The van der Waals surface area contributed by atoms with Crippen LogP contribution in [0.4, 0.5) is 11.4 Å². The number of ether oxygens (including phenoxy) is 1. The lowest BCUT2D eigenvalue weighted by atomic mass is 10.1. The van der Waals surface area contributed by atoms with Crippen LogP contribution < -0.4 is 16.0 Å². The Labute approximate surface area is 112 Å². The fourth-order valence-electron chi connectivity index (χ4n) is 1.59. The molecule has 0 aliphatic carbocycles. The second-order valence-corrected chi connectivity index (χ2v) is 4.33. The largest absolute Gasteiger partial charge is 0.449 e. The Morgan fingerprint density at radius 1 is 1.37 bits per heavy atom. The summed E-state index contributed by atoms with van der Waals surface area (Å²) in [5.41, 5.74) is 7.16. The van der Waals surface area contributed by atoms with Crippen LogP contribution in [0, 0.1) is 0 Å². The number of hydrogen-bond donors (Lipinski definition) is 2. The van der Waals surface area contributed by atoms with Crippen LogP contribution in [-0.4, -0.2) is 39.1 Å². The standard InChI is InChI=1S/C13H19N3O3/c1-8(12(17)15-2)19-13(18)10-7-9(14)5-6-11(10)16(3)4/h5-8H,14H2,1-4H3,(H,15,17). The molecule has 1 atom stereocenters. The average Bonchev–Trinajstić information content (AvgIpc) is 2.36. The van der Waals surface area contributed by atoms with E-state index in [0.29, 0.717) is 16.9 Å². The highest BCUT2D eigenvalue weighted by Gasteiger charge is 2.20. The number of esters is 1. The summed E-state index contributed by atoms with van der Waals surface area (Å²) >= 11 is 0. The van der Waals surface area contributed by atoms with Gasteiger partial charge in [-0.1, -0.05) is 0 Å². The first-order valence-electron chi connectivity index (χ1n) is 5.86. The Kier molecular flexibility index (Phi) is 4.74. The van der Waals surface area contributed by atoms with E-state index in [2.05, 4.69) is 5.32 Å². The highest BCUT2D eigenvalue weighted by molar-refractivity contribution is 5.98. The van der Waals surface area contributed by atoms with E-state index in [9.17, 15) is 9.59 Å². The van der Waals surface area contributed by atoms with E-state index in [1.165, 1.54) is 20.0 Å². The van der Waals surface area contributed by atoms with Crippen molar-refractivity contribution in [3.8, 4) is 0 Å². The maximum atomic E-state index is 12.1. The van der Waals surface area contributed by atoms with Gasteiger partial charge in [0.2, 0.25) is 0 Å². The third kappa shape index (κ3) is 3.61. The summed E-state index contributed by atoms with van der Waals surface area (Å²) in [6.07, 6.45) is -0.853. The Morgan fingerprint density at radius 2 is 2.00 bits per heavy atom. The molecule has 0 aromatic heterocycles. The molecule has 1 aromatic rings. The van der Waals surface area contributed by atoms with E-state index in [0.717, 1.165) is 0 Å². The van der Waals surface area contributed by atoms with E-state index in [1.807, 2.05) is 14.1 Å². The maximum Gasteiger partial charge on any atom is 0.341 e. The van der Waals surface area contributed by atoms with Gasteiger partial charge in [0, 0.05) is 26.8 Å². The highest BCUT2D eigenvalue weighted by Crippen LogP contribution is 2.22. The van der Waals surface area contributed by atoms with Gasteiger partial charge in [0.1, 0.15) is 0 Å². The van der Waals surface area contributed by atoms with Gasteiger partial charge in [0.05, 0.1) is 11.3 Å². The minimum atomic E-state index is -0.853. The van der Waals surface area contributed by atoms with Crippen molar-refractivity contribution >= 4 is 23.3 Å². The summed E-state index contributed by atoms with van der Waals surface area (Å²) < 4.78 is 5.10. The molecule has 0 radical (unpaired) electrons. The lowest BCUT2D eigenvalue weighted by Crippen LogP contribution is -2.33. The Balaban J connectivity index is 2.99. The quantitative estimate of drug-likeness (QED) is 0.616. The molecule has 19 heavy (non-hydrogen) atoms. The number of nitrogens with one attached hydrogen (secondary N) is 1. The summed E-state index contributed by atoms with van der Waals surface area (Å²) in [6, 6.07) is 4.97. The van der Waals surface area contributed by atoms with Crippen molar-refractivity contribution in [3.05, 3.63) is 23.8 Å². The second kappa shape index (κ2) is 6.08. The Hall–Kier alpha value is -2.24. The molecular formula is C13H19N3O3. The molecule has 0 saturated carbocycles. The average molecular weight is 265 g/mol. The zero-order chi connectivity index (χ0) is 14.6.